The summed E-state index contributed by atoms with van der Waals surface area (Å²) in [6, 6.07) is 0. The van der Waals surface area contributed by atoms with Crippen LogP contribution in [-0.2, 0) is 4.79 Å². The lowest BCUT2D eigenvalue weighted by molar-refractivity contribution is -0.127. The molecule has 1 rings (SSSR count). The Hall–Kier alpha value is -0.370. The smallest absolute Gasteiger partial charge is 0.161 e. The lowest BCUT2D eigenvalue weighted by atomic mass is 9.82. The molecule has 0 saturated heterocycles. The molecule has 0 radical (unpaired) electrons. The van der Waals surface area contributed by atoms with Crippen molar-refractivity contribution in [1.29, 1.82) is 0 Å². The lowest BCUT2D eigenvalue weighted by Gasteiger charge is -2.24. The van der Waals surface area contributed by atoms with Gasteiger partial charge >= 0.3 is 0 Å². The maximum absolute atomic E-state index is 11.5. The molecule has 0 aromatic rings. The van der Waals surface area contributed by atoms with Crippen molar-refractivity contribution in [2.24, 2.45) is 5.41 Å². The Kier molecular flexibility index (Phi) is 4.78. The van der Waals surface area contributed by atoms with Crippen molar-refractivity contribution in [2.45, 2.75) is 71.3 Å². The molecule has 88 valence electrons. The van der Waals surface area contributed by atoms with Gasteiger partial charge in [-0.3, -0.25) is 4.79 Å². The SMILES string of the molecule is CC1(C)CCCCC(=O)C(O)CCCC1. The standard InChI is InChI=1S/C13H24O2/c1-13(2)9-5-3-7-11(14)12(15)8-4-6-10-13/h11,14H,3-10H2,1-2H3. The summed E-state index contributed by atoms with van der Waals surface area (Å²) < 4.78 is 0. The van der Waals surface area contributed by atoms with Gasteiger partial charge in [-0.1, -0.05) is 33.1 Å². The first-order valence-electron chi connectivity index (χ1n) is 6.22. The van der Waals surface area contributed by atoms with E-state index in [2.05, 4.69) is 13.8 Å². The highest BCUT2D eigenvalue weighted by molar-refractivity contribution is 5.82. The van der Waals surface area contributed by atoms with Crippen LogP contribution in [0.2, 0.25) is 0 Å². The number of carbonyl (C=O) groups is 1. The monoisotopic (exact) mass is 212 g/mol. The molecule has 2 nitrogen and oxygen atoms in total. The highest BCUT2D eigenvalue weighted by atomic mass is 16.3. The quantitative estimate of drug-likeness (QED) is 0.670. The van der Waals surface area contributed by atoms with Crippen LogP contribution in [0.15, 0.2) is 0 Å². The molecule has 1 aliphatic rings. The van der Waals surface area contributed by atoms with Crippen LogP contribution >= 0.6 is 0 Å². The van der Waals surface area contributed by atoms with E-state index in [0.29, 0.717) is 18.3 Å². The average Bonchev–Trinajstić information content (AvgIpc) is 2.19. The number of rotatable bonds is 0. The van der Waals surface area contributed by atoms with Gasteiger partial charge in [0.15, 0.2) is 5.78 Å². The third-order valence-electron chi connectivity index (χ3n) is 3.48. The molecule has 0 spiro atoms. The van der Waals surface area contributed by atoms with Gasteiger partial charge in [0.2, 0.25) is 0 Å². The second-order valence-corrected chi connectivity index (χ2v) is 5.60. The normalized spacial score (nSPS) is 29.5. The first kappa shape index (κ1) is 12.7. The molecule has 0 heterocycles. The average molecular weight is 212 g/mol. The van der Waals surface area contributed by atoms with E-state index >= 15 is 0 Å². The van der Waals surface area contributed by atoms with Gasteiger partial charge < -0.3 is 5.11 Å². The van der Waals surface area contributed by atoms with E-state index in [1.165, 1.54) is 12.8 Å². The van der Waals surface area contributed by atoms with Gasteiger partial charge in [0, 0.05) is 6.42 Å². The van der Waals surface area contributed by atoms with Crippen molar-refractivity contribution < 1.29 is 9.90 Å². The van der Waals surface area contributed by atoms with Crippen LogP contribution in [0.5, 0.6) is 0 Å². The minimum Gasteiger partial charge on any atom is -0.385 e. The Morgan fingerprint density at radius 1 is 1.13 bits per heavy atom. The van der Waals surface area contributed by atoms with E-state index in [-0.39, 0.29) is 5.78 Å². The molecule has 1 saturated carbocycles. The minimum absolute atomic E-state index is 0.0507. The molecule has 0 aromatic carbocycles. The number of carbonyl (C=O) groups excluding carboxylic acids is 1. The van der Waals surface area contributed by atoms with Crippen LogP contribution in [0.3, 0.4) is 0 Å². The molecule has 0 amide bonds. The predicted molar refractivity (Wildman–Crippen MR) is 61.7 cm³/mol. The number of ketones is 1. The fourth-order valence-electron chi connectivity index (χ4n) is 2.30. The van der Waals surface area contributed by atoms with Gasteiger partial charge in [-0.25, -0.2) is 0 Å². The van der Waals surface area contributed by atoms with Crippen molar-refractivity contribution in [3.63, 3.8) is 0 Å². The largest absolute Gasteiger partial charge is 0.385 e. The zero-order valence-electron chi connectivity index (χ0n) is 10.1. The summed E-state index contributed by atoms with van der Waals surface area (Å²) >= 11 is 0. The van der Waals surface area contributed by atoms with Crippen LogP contribution in [0.4, 0.5) is 0 Å². The molecule has 0 aliphatic heterocycles. The summed E-state index contributed by atoms with van der Waals surface area (Å²) in [5.41, 5.74) is 0.415. The predicted octanol–water partition coefficient (Wildman–Crippen LogP) is 3.08. The maximum Gasteiger partial charge on any atom is 0.161 e. The minimum atomic E-state index is -0.689. The van der Waals surface area contributed by atoms with Crippen molar-refractivity contribution in [1.82, 2.24) is 0 Å². The molecule has 0 aromatic heterocycles. The van der Waals surface area contributed by atoms with Gasteiger partial charge in [0.1, 0.15) is 6.10 Å². The molecule has 1 aliphatic carbocycles. The molecule has 1 fully saturated rings. The molecule has 1 unspecified atom stereocenters. The Balaban J connectivity index is 2.47. The van der Waals surface area contributed by atoms with Crippen molar-refractivity contribution in [3.8, 4) is 0 Å². The van der Waals surface area contributed by atoms with Gasteiger partial charge in [0.05, 0.1) is 0 Å². The summed E-state index contributed by atoms with van der Waals surface area (Å²) in [5.74, 6) is 0.0507. The second kappa shape index (κ2) is 5.64. The van der Waals surface area contributed by atoms with E-state index in [1.807, 2.05) is 0 Å². The summed E-state index contributed by atoms with van der Waals surface area (Å²) in [6.45, 7) is 4.62. The topological polar surface area (TPSA) is 37.3 Å². The van der Waals surface area contributed by atoms with E-state index in [9.17, 15) is 9.90 Å². The lowest BCUT2D eigenvalue weighted by Crippen LogP contribution is -2.19. The molecule has 2 heteroatoms. The summed E-state index contributed by atoms with van der Waals surface area (Å²) in [5, 5.41) is 9.57. The third kappa shape index (κ3) is 4.78. The number of Topliss-reactive ketones (excluding diaryl/α,β-unsaturated/α-hetero) is 1. The Morgan fingerprint density at radius 2 is 1.73 bits per heavy atom. The number of aliphatic hydroxyl groups excluding tert-OH is 1. The van der Waals surface area contributed by atoms with Gasteiger partial charge in [-0.15, -0.1) is 0 Å². The van der Waals surface area contributed by atoms with Crippen molar-refractivity contribution in [2.75, 3.05) is 0 Å². The van der Waals surface area contributed by atoms with Crippen LogP contribution in [0, 0.1) is 5.41 Å². The first-order chi connectivity index (χ1) is 7.01. The van der Waals surface area contributed by atoms with E-state index in [0.717, 1.165) is 25.7 Å². The Bertz CT molecular complexity index is 209. The molecule has 1 N–H and O–H groups in total. The molecule has 15 heavy (non-hydrogen) atoms. The molecular weight excluding hydrogens is 188 g/mol. The fourth-order valence-corrected chi connectivity index (χ4v) is 2.30. The summed E-state index contributed by atoms with van der Waals surface area (Å²) in [7, 11) is 0. The number of aliphatic hydroxyl groups is 1. The molecule has 1 atom stereocenters. The van der Waals surface area contributed by atoms with Crippen molar-refractivity contribution >= 4 is 5.78 Å². The van der Waals surface area contributed by atoms with Gasteiger partial charge in [-0.2, -0.15) is 0 Å². The zero-order chi connectivity index (χ0) is 11.3. The highest BCUT2D eigenvalue weighted by Gasteiger charge is 2.20. The first-order valence-corrected chi connectivity index (χ1v) is 6.22. The molecule has 0 bridgehead atoms. The van der Waals surface area contributed by atoms with E-state index in [4.69, 9.17) is 0 Å². The second-order valence-electron chi connectivity index (χ2n) is 5.60. The van der Waals surface area contributed by atoms with Crippen molar-refractivity contribution in [3.05, 3.63) is 0 Å². The van der Waals surface area contributed by atoms with Gasteiger partial charge in [0.25, 0.3) is 0 Å². The fraction of sp³-hybridized carbons (Fsp3) is 0.923. The van der Waals surface area contributed by atoms with Crippen LogP contribution in [0.25, 0.3) is 0 Å². The highest BCUT2D eigenvalue weighted by Crippen LogP contribution is 2.31. The Labute approximate surface area is 93.1 Å². The summed E-state index contributed by atoms with van der Waals surface area (Å²) in [4.78, 5) is 11.5. The van der Waals surface area contributed by atoms with E-state index < -0.39 is 6.10 Å². The van der Waals surface area contributed by atoms with Crippen LogP contribution in [0.1, 0.15) is 65.2 Å². The van der Waals surface area contributed by atoms with Crippen LogP contribution in [-0.4, -0.2) is 17.0 Å². The van der Waals surface area contributed by atoms with Crippen LogP contribution < -0.4 is 0 Å². The number of hydrogen-bond donors (Lipinski definition) is 1. The van der Waals surface area contributed by atoms with E-state index in [1.54, 1.807) is 0 Å². The Morgan fingerprint density at radius 3 is 2.40 bits per heavy atom. The number of hydrogen-bond acceptors (Lipinski definition) is 2. The maximum atomic E-state index is 11.5. The third-order valence-corrected chi connectivity index (χ3v) is 3.48. The zero-order valence-corrected chi connectivity index (χ0v) is 10.1. The molecular formula is C13H24O2. The van der Waals surface area contributed by atoms with Gasteiger partial charge in [-0.05, 0) is 31.1 Å². The summed E-state index contributed by atoms with van der Waals surface area (Å²) in [6.07, 6.45) is 7.14.